The van der Waals surface area contributed by atoms with E-state index in [9.17, 15) is 4.79 Å². The fourth-order valence-electron chi connectivity index (χ4n) is 2.94. The number of carbonyl (C=O) groups excluding carboxylic acids is 1. The van der Waals surface area contributed by atoms with Crippen LogP contribution in [0, 0.1) is 0 Å². The van der Waals surface area contributed by atoms with Crippen molar-refractivity contribution in [1.82, 2.24) is 9.80 Å². The minimum atomic E-state index is -0.0476. The molecule has 0 spiro atoms. The van der Waals surface area contributed by atoms with Crippen LogP contribution in [-0.4, -0.2) is 42.4 Å². The van der Waals surface area contributed by atoms with Gasteiger partial charge < -0.3 is 9.80 Å². The second-order valence-corrected chi connectivity index (χ2v) is 6.66. The Kier molecular flexibility index (Phi) is 4.90. The topological polar surface area (TPSA) is 23.6 Å². The van der Waals surface area contributed by atoms with E-state index in [1.165, 1.54) is 0 Å². The van der Waals surface area contributed by atoms with E-state index in [0.717, 1.165) is 18.7 Å². The van der Waals surface area contributed by atoms with Gasteiger partial charge in [0, 0.05) is 24.7 Å². The fourth-order valence-corrected chi connectivity index (χ4v) is 3.43. The van der Waals surface area contributed by atoms with Gasteiger partial charge in [-0.15, -0.1) is 0 Å². The number of benzene rings is 2. The first-order valence-electron chi connectivity index (χ1n) is 7.56. The lowest BCUT2D eigenvalue weighted by Gasteiger charge is -2.40. The SMILES string of the molecule is CN1CCN(C(=O)c2ccc(Cl)cc2Cl)[C@H](c2ccccc2)C1. The van der Waals surface area contributed by atoms with E-state index >= 15 is 0 Å². The van der Waals surface area contributed by atoms with Crippen LogP contribution in [0.5, 0.6) is 0 Å². The van der Waals surface area contributed by atoms with E-state index in [2.05, 4.69) is 24.1 Å². The first kappa shape index (κ1) is 16.3. The van der Waals surface area contributed by atoms with Crippen LogP contribution in [0.15, 0.2) is 48.5 Å². The van der Waals surface area contributed by atoms with E-state index < -0.39 is 0 Å². The molecule has 0 N–H and O–H groups in total. The van der Waals surface area contributed by atoms with E-state index in [1.807, 2.05) is 23.1 Å². The number of likely N-dealkylation sites (N-methyl/N-ethyl adjacent to an activating group) is 1. The summed E-state index contributed by atoms with van der Waals surface area (Å²) in [7, 11) is 2.08. The quantitative estimate of drug-likeness (QED) is 0.814. The van der Waals surface area contributed by atoms with Crippen molar-refractivity contribution < 1.29 is 4.79 Å². The number of hydrogen-bond acceptors (Lipinski definition) is 2. The second-order valence-electron chi connectivity index (χ2n) is 5.81. The summed E-state index contributed by atoms with van der Waals surface area (Å²) in [6.07, 6.45) is 0. The summed E-state index contributed by atoms with van der Waals surface area (Å²) in [5, 5.41) is 0.928. The first-order valence-corrected chi connectivity index (χ1v) is 8.31. The van der Waals surface area contributed by atoms with Gasteiger partial charge in [0.15, 0.2) is 0 Å². The largest absolute Gasteiger partial charge is 0.329 e. The first-order chi connectivity index (χ1) is 11.1. The summed E-state index contributed by atoms with van der Waals surface area (Å²) in [5.74, 6) is -0.0476. The summed E-state index contributed by atoms with van der Waals surface area (Å²) >= 11 is 12.2. The Bertz CT molecular complexity index is 705. The van der Waals surface area contributed by atoms with E-state index in [0.29, 0.717) is 22.2 Å². The molecule has 1 fully saturated rings. The van der Waals surface area contributed by atoms with Crippen LogP contribution in [0.25, 0.3) is 0 Å². The summed E-state index contributed by atoms with van der Waals surface area (Å²) in [6.45, 7) is 2.33. The number of rotatable bonds is 2. The standard InChI is InChI=1S/C18H18Cl2N2O/c1-21-9-10-22(17(12-21)13-5-3-2-4-6-13)18(23)15-8-7-14(19)11-16(15)20/h2-8,11,17H,9-10,12H2,1H3/t17-/m0/s1. The molecule has 0 aliphatic carbocycles. The molecule has 1 aliphatic heterocycles. The van der Waals surface area contributed by atoms with Crippen LogP contribution in [0.4, 0.5) is 0 Å². The molecule has 2 aromatic carbocycles. The van der Waals surface area contributed by atoms with E-state index in [1.54, 1.807) is 18.2 Å². The Morgan fingerprint density at radius 1 is 1.09 bits per heavy atom. The number of amides is 1. The fraction of sp³-hybridized carbons (Fsp3) is 0.278. The molecular weight excluding hydrogens is 331 g/mol. The number of halogens is 2. The molecule has 1 aliphatic rings. The van der Waals surface area contributed by atoms with Crippen LogP contribution in [0.3, 0.4) is 0 Å². The average Bonchev–Trinajstić information content (AvgIpc) is 2.55. The molecule has 0 saturated carbocycles. The van der Waals surface area contributed by atoms with Gasteiger partial charge in [0.2, 0.25) is 0 Å². The van der Waals surface area contributed by atoms with Gasteiger partial charge in [-0.1, -0.05) is 53.5 Å². The summed E-state index contributed by atoms with van der Waals surface area (Å²) < 4.78 is 0. The molecule has 5 heteroatoms. The molecule has 0 radical (unpaired) electrons. The lowest BCUT2D eigenvalue weighted by atomic mass is 10.0. The molecule has 1 amide bonds. The molecule has 0 aromatic heterocycles. The van der Waals surface area contributed by atoms with Crippen LogP contribution < -0.4 is 0 Å². The maximum absolute atomic E-state index is 13.0. The lowest BCUT2D eigenvalue weighted by molar-refractivity contribution is 0.0498. The molecule has 0 unspecified atom stereocenters. The van der Waals surface area contributed by atoms with Gasteiger partial charge in [0.1, 0.15) is 0 Å². The van der Waals surface area contributed by atoms with Crippen molar-refractivity contribution >= 4 is 29.1 Å². The minimum Gasteiger partial charge on any atom is -0.329 e. The van der Waals surface area contributed by atoms with E-state index in [4.69, 9.17) is 23.2 Å². The van der Waals surface area contributed by atoms with Gasteiger partial charge >= 0.3 is 0 Å². The number of nitrogens with zero attached hydrogens (tertiary/aromatic N) is 2. The summed E-state index contributed by atoms with van der Waals surface area (Å²) in [6, 6.07) is 15.2. The van der Waals surface area contributed by atoms with Crippen LogP contribution in [-0.2, 0) is 0 Å². The zero-order valence-corrected chi connectivity index (χ0v) is 14.4. The normalized spacial score (nSPS) is 18.9. The third kappa shape index (κ3) is 3.52. The van der Waals surface area contributed by atoms with Gasteiger partial charge in [-0.25, -0.2) is 0 Å². The van der Waals surface area contributed by atoms with Gasteiger partial charge in [-0.2, -0.15) is 0 Å². The Morgan fingerprint density at radius 2 is 1.83 bits per heavy atom. The second kappa shape index (κ2) is 6.91. The highest BCUT2D eigenvalue weighted by atomic mass is 35.5. The predicted octanol–water partition coefficient (Wildman–Crippen LogP) is 4.12. The number of hydrogen-bond donors (Lipinski definition) is 0. The smallest absolute Gasteiger partial charge is 0.255 e. The van der Waals surface area contributed by atoms with Gasteiger partial charge in [-0.05, 0) is 30.8 Å². The molecular formula is C18H18Cl2N2O. The van der Waals surface area contributed by atoms with Crippen molar-refractivity contribution in [2.45, 2.75) is 6.04 Å². The zero-order chi connectivity index (χ0) is 16.4. The highest BCUT2D eigenvalue weighted by Crippen LogP contribution is 2.29. The predicted molar refractivity (Wildman–Crippen MR) is 94.2 cm³/mol. The Hall–Kier alpha value is -1.55. The van der Waals surface area contributed by atoms with Crippen molar-refractivity contribution in [2.24, 2.45) is 0 Å². The highest BCUT2D eigenvalue weighted by molar-refractivity contribution is 6.36. The van der Waals surface area contributed by atoms with Gasteiger partial charge in [0.05, 0.1) is 16.6 Å². The van der Waals surface area contributed by atoms with Crippen LogP contribution >= 0.6 is 23.2 Å². The molecule has 1 atom stereocenters. The molecule has 3 rings (SSSR count). The van der Waals surface area contributed by atoms with Crippen molar-refractivity contribution in [3.05, 3.63) is 69.7 Å². The molecule has 0 bridgehead atoms. The molecule has 23 heavy (non-hydrogen) atoms. The molecule has 120 valence electrons. The molecule has 2 aromatic rings. The van der Waals surface area contributed by atoms with Crippen LogP contribution in [0.1, 0.15) is 22.0 Å². The maximum Gasteiger partial charge on any atom is 0.255 e. The van der Waals surface area contributed by atoms with Crippen LogP contribution in [0.2, 0.25) is 10.0 Å². The minimum absolute atomic E-state index is 0.0224. The van der Waals surface area contributed by atoms with Crippen molar-refractivity contribution in [1.29, 1.82) is 0 Å². The number of carbonyl (C=O) groups is 1. The Balaban J connectivity index is 1.93. The zero-order valence-electron chi connectivity index (χ0n) is 12.9. The third-order valence-electron chi connectivity index (χ3n) is 4.19. The van der Waals surface area contributed by atoms with Crippen molar-refractivity contribution in [3.63, 3.8) is 0 Å². The number of piperazine rings is 1. The molecule has 1 saturated heterocycles. The van der Waals surface area contributed by atoms with Gasteiger partial charge in [-0.3, -0.25) is 4.79 Å². The summed E-state index contributed by atoms with van der Waals surface area (Å²) in [4.78, 5) is 17.2. The van der Waals surface area contributed by atoms with E-state index in [-0.39, 0.29) is 11.9 Å². The molecule has 3 nitrogen and oxygen atoms in total. The molecule has 1 heterocycles. The Labute approximate surface area is 146 Å². The van der Waals surface area contributed by atoms with Gasteiger partial charge in [0.25, 0.3) is 5.91 Å². The lowest BCUT2D eigenvalue weighted by Crippen LogP contribution is -2.49. The highest BCUT2D eigenvalue weighted by Gasteiger charge is 2.31. The maximum atomic E-state index is 13.0. The Morgan fingerprint density at radius 3 is 2.52 bits per heavy atom. The average molecular weight is 349 g/mol. The third-order valence-corrected chi connectivity index (χ3v) is 4.74. The van der Waals surface area contributed by atoms with Crippen molar-refractivity contribution in [2.75, 3.05) is 26.7 Å². The van der Waals surface area contributed by atoms with Crippen molar-refractivity contribution in [3.8, 4) is 0 Å². The summed E-state index contributed by atoms with van der Waals surface area (Å²) in [5.41, 5.74) is 1.64. The monoisotopic (exact) mass is 348 g/mol.